The van der Waals surface area contributed by atoms with Crippen LogP contribution in [0, 0.1) is 12.8 Å². The number of likely N-dealkylation sites (tertiary alicyclic amines) is 1. The molecule has 156 valence electrons. The predicted molar refractivity (Wildman–Crippen MR) is 118 cm³/mol. The van der Waals surface area contributed by atoms with Crippen LogP contribution in [-0.4, -0.2) is 41.3 Å². The molecule has 1 aromatic carbocycles. The van der Waals surface area contributed by atoms with Crippen molar-refractivity contribution in [3.8, 4) is 0 Å². The van der Waals surface area contributed by atoms with Gasteiger partial charge in [-0.1, -0.05) is 30.1 Å². The number of nitrogens with one attached hydrogen (secondary N) is 2. The maximum Gasteiger partial charge on any atom is 0.253 e. The summed E-state index contributed by atoms with van der Waals surface area (Å²) in [5.41, 5.74) is 1.20. The minimum atomic E-state index is -0.433. The normalized spacial score (nSPS) is 15.3. The van der Waals surface area contributed by atoms with Gasteiger partial charge in [0.15, 0.2) is 5.13 Å². The van der Waals surface area contributed by atoms with Crippen molar-refractivity contribution in [3.05, 3.63) is 44.4 Å². The van der Waals surface area contributed by atoms with Crippen molar-refractivity contribution in [3.63, 3.8) is 0 Å². The van der Waals surface area contributed by atoms with Gasteiger partial charge in [-0.05, 0) is 57.0 Å². The Kier molecular flexibility index (Phi) is 7.51. The zero-order valence-corrected chi connectivity index (χ0v) is 18.8. The number of amides is 2. The summed E-state index contributed by atoms with van der Waals surface area (Å²) in [6.45, 7) is 7.13. The highest BCUT2D eigenvalue weighted by Gasteiger charge is 2.19. The molecule has 0 bridgehead atoms. The zero-order chi connectivity index (χ0) is 21.0. The fourth-order valence-electron chi connectivity index (χ4n) is 3.14. The van der Waals surface area contributed by atoms with Crippen LogP contribution >= 0.6 is 34.5 Å². The number of hydrogen-bond acceptors (Lipinski definition) is 5. The molecule has 9 heteroatoms. The molecule has 0 spiro atoms. The van der Waals surface area contributed by atoms with Gasteiger partial charge in [-0.25, -0.2) is 4.98 Å². The van der Waals surface area contributed by atoms with E-state index in [2.05, 4.69) is 27.4 Å². The van der Waals surface area contributed by atoms with Gasteiger partial charge in [0, 0.05) is 16.4 Å². The van der Waals surface area contributed by atoms with Crippen molar-refractivity contribution in [2.45, 2.75) is 33.2 Å². The first-order valence-electron chi connectivity index (χ1n) is 9.53. The van der Waals surface area contributed by atoms with Crippen LogP contribution in [0.15, 0.2) is 18.2 Å². The van der Waals surface area contributed by atoms with Crippen LogP contribution in [-0.2, 0) is 11.3 Å². The van der Waals surface area contributed by atoms with E-state index >= 15 is 0 Å². The van der Waals surface area contributed by atoms with Gasteiger partial charge in [-0.15, -0.1) is 11.3 Å². The molecule has 1 fully saturated rings. The van der Waals surface area contributed by atoms with E-state index in [1.807, 2.05) is 6.92 Å². The molecule has 29 heavy (non-hydrogen) atoms. The highest BCUT2D eigenvalue weighted by molar-refractivity contribution is 7.15. The molecule has 0 radical (unpaired) electrons. The minimum absolute atomic E-state index is 0.171. The first kappa shape index (κ1) is 22.0. The van der Waals surface area contributed by atoms with E-state index in [1.54, 1.807) is 6.07 Å². The Morgan fingerprint density at radius 1 is 1.28 bits per heavy atom. The van der Waals surface area contributed by atoms with Gasteiger partial charge in [0.25, 0.3) is 5.91 Å². The Balaban J connectivity index is 1.51. The number of piperidine rings is 1. The summed E-state index contributed by atoms with van der Waals surface area (Å²) < 4.78 is 0. The van der Waals surface area contributed by atoms with E-state index in [-0.39, 0.29) is 23.0 Å². The molecule has 0 atom stereocenters. The van der Waals surface area contributed by atoms with Gasteiger partial charge >= 0.3 is 0 Å². The number of rotatable bonds is 6. The lowest BCUT2D eigenvalue weighted by molar-refractivity contribution is -0.115. The van der Waals surface area contributed by atoms with Gasteiger partial charge in [0.1, 0.15) is 0 Å². The zero-order valence-electron chi connectivity index (χ0n) is 16.4. The molecule has 2 amide bonds. The predicted octanol–water partition coefficient (Wildman–Crippen LogP) is 4.36. The molecule has 0 unspecified atom stereocenters. The van der Waals surface area contributed by atoms with Crippen LogP contribution in [0.2, 0.25) is 10.0 Å². The van der Waals surface area contributed by atoms with E-state index in [9.17, 15) is 9.59 Å². The van der Waals surface area contributed by atoms with Crippen molar-refractivity contribution < 1.29 is 9.59 Å². The van der Waals surface area contributed by atoms with Gasteiger partial charge in [-0.3, -0.25) is 14.5 Å². The number of aromatic nitrogens is 1. The topological polar surface area (TPSA) is 74.3 Å². The van der Waals surface area contributed by atoms with Crippen LogP contribution in [0.5, 0.6) is 0 Å². The average Bonchev–Trinajstić information content (AvgIpc) is 3.00. The highest BCUT2D eigenvalue weighted by Crippen LogP contribution is 2.26. The van der Waals surface area contributed by atoms with Gasteiger partial charge < -0.3 is 10.6 Å². The standard InChI is InChI=1S/C20H24Cl2N4O2S/c1-12-5-7-26(8-6-12)11-17-13(2)24-20(29-17)25-18(27)10-23-19(28)15-4-3-14(21)9-16(15)22/h3-4,9,12H,5-8,10-11H2,1-2H3,(H,23,28)(H,24,25,27). The third-order valence-electron chi connectivity index (χ3n) is 4.97. The summed E-state index contributed by atoms with van der Waals surface area (Å²) in [7, 11) is 0. The van der Waals surface area contributed by atoms with Crippen LogP contribution in [0.4, 0.5) is 5.13 Å². The number of thiazole rings is 1. The number of aryl methyl sites for hydroxylation is 1. The molecule has 1 aliphatic rings. The second-order valence-corrected chi connectivity index (χ2v) is 9.27. The molecule has 6 nitrogen and oxygen atoms in total. The van der Waals surface area contributed by atoms with Gasteiger partial charge in [-0.2, -0.15) is 0 Å². The number of anilines is 1. The molecule has 0 saturated carbocycles. The molecule has 3 rings (SSSR count). The fraction of sp³-hybridized carbons (Fsp3) is 0.450. The number of hydrogen-bond donors (Lipinski definition) is 2. The SMILES string of the molecule is Cc1nc(NC(=O)CNC(=O)c2ccc(Cl)cc2Cl)sc1CN1CCC(C)CC1. The lowest BCUT2D eigenvalue weighted by Gasteiger charge is -2.29. The summed E-state index contributed by atoms with van der Waals surface area (Å²) in [5, 5.41) is 6.55. The molecule has 1 saturated heterocycles. The van der Waals surface area contributed by atoms with Crippen LogP contribution < -0.4 is 10.6 Å². The summed E-state index contributed by atoms with van der Waals surface area (Å²) in [6, 6.07) is 4.59. The smallest absolute Gasteiger partial charge is 0.253 e. The minimum Gasteiger partial charge on any atom is -0.343 e. The number of carbonyl (C=O) groups excluding carboxylic acids is 2. The van der Waals surface area contributed by atoms with Crippen molar-refractivity contribution >= 4 is 51.5 Å². The summed E-state index contributed by atoms with van der Waals surface area (Å²) in [5.74, 6) is 0.0225. The Morgan fingerprint density at radius 2 is 2.00 bits per heavy atom. The average molecular weight is 455 g/mol. The van der Waals surface area contributed by atoms with Crippen molar-refractivity contribution in [1.29, 1.82) is 0 Å². The molecule has 1 aromatic heterocycles. The quantitative estimate of drug-likeness (QED) is 0.679. The molecule has 2 aromatic rings. The Morgan fingerprint density at radius 3 is 2.69 bits per heavy atom. The van der Waals surface area contributed by atoms with Gasteiger partial charge in [0.2, 0.25) is 5.91 Å². The van der Waals surface area contributed by atoms with Crippen LogP contribution in [0.1, 0.15) is 40.7 Å². The first-order chi connectivity index (χ1) is 13.8. The van der Waals surface area contributed by atoms with E-state index < -0.39 is 5.91 Å². The molecule has 0 aliphatic carbocycles. The van der Waals surface area contributed by atoms with E-state index in [0.717, 1.165) is 36.1 Å². The second kappa shape index (κ2) is 9.89. The van der Waals surface area contributed by atoms with E-state index in [1.165, 1.54) is 36.3 Å². The monoisotopic (exact) mass is 454 g/mol. The Hall–Kier alpha value is -1.67. The third-order valence-corrected chi connectivity index (χ3v) is 6.57. The van der Waals surface area contributed by atoms with Gasteiger partial charge in [0.05, 0.1) is 22.8 Å². The van der Waals surface area contributed by atoms with Crippen molar-refractivity contribution in [1.82, 2.24) is 15.2 Å². The Labute approximate surface area is 184 Å². The molecular weight excluding hydrogens is 431 g/mol. The van der Waals surface area contributed by atoms with Crippen LogP contribution in [0.25, 0.3) is 0 Å². The summed E-state index contributed by atoms with van der Waals surface area (Å²) in [4.78, 5) is 32.5. The number of halogens is 2. The fourth-order valence-corrected chi connectivity index (χ4v) is 4.66. The molecule has 1 aliphatic heterocycles. The second-order valence-electron chi connectivity index (χ2n) is 7.34. The summed E-state index contributed by atoms with van der Waals surface area (Å²) in [6.07, 6.45) is 2.44. The number of carbonyl (C=O) groups is 2. The lowest BCUT2D eigenvalue weighted by atomic mass is 9.99. The maximum atomic E-state index is 12.2. The third kappa shape index (κ3) is 6.15. The van der Waals surface area contributed by atoms with E-state index in [0.29, 0.717) is 10.2 Å². The lowest BCUT2D eigenvalue weighted by Crippen LogP contribution is -2.33. The Bertz CT molecular complexity index is 895. The molecule has 2 heterocycles. The summed E-state index contributed by atoms with van der Waals surface area (Å²) >= 11 is 13.3. The number of nitrogens with zero attached hydrogens (tertiary/aromatic N) is 2. The van der Waals surface area contributed by atoms with Crippen molar-refractivity contribution in [2.75, 3.05) is 25.0 Å². The van der Waals surface area contributed by atoms with Crippen LogP contribution in [0.3, 0.4) is 0 Å². The van der Waals surface area contributed by atoms with E-state index in [4.69, 9.17) is 23.2 Å². The first-order valence-corrected chi connectivity index (χ1v) is 11.1. The molecular formula is C20H24Cl2N4O2S. The molecule has 2 N–H and O–H groups in total. The highest BCUT2D eigenvalue weighted by atomic mass is 35.5. The van der Waals surface area contributed by atoms with Crippen molar-refractivity contribution in [2.24, 2.45) is 5.92 Å². The number of benzene rings is 1. The maximum absolute atomic E-state index is 12.2. The largest absolute Gasteiger partial charge is 0.343 e.